The van der Waals surface area contributed by atoms with Gasteiger partial charge in [0.2, 0.25) is 0 Å². The predicted molar refractivity (Wildman–Crippen MR) is 112 cm³/mol. The molecule has 0 spiro atoms. The maximum absolute atomic E-state index is 13.2. The molecule has 3 aromatic rings. The van der Waals surface area contributed by atoms with E-state index in [4.69, 9.17) is 0 Å². The summed E-state index contributed by atoms with van der Waals surface area (Å²) in [5.74, 6) is -2.63. The van der Waals surface area contributed by atoms with Crippen molar-refractivity contribution in [2.75, 3.05) is 19.6 Å². The molecule has 2 aromatic heterocycles. The number of Topliss-reactive ketones (excluding diaryl/α,β-unsaturated/α-hetero) is 1. The van der Waals surface area contributed by atoms with Crippen LogP contribution in [0, 0.1) is 5.92 Å². The van der Waals surface area contributed by atoms with Gasteiger partial charge in [0.15, 0.2) is 0 Å². The molecule has 0 radical (unpaired) electrons. The number of rotatable bonds is 6. The first-order valence-corrected chi connectivity index (χ1v) is 10.3. The number of pyridine rings is 1. The number of nitrogens with zero attached hydrogens (tertiary/aromatic N) is 4. The van der Waals surface area contributed by atoms with Gasteiger partial charge in [-0.05, 0) is 49.0 Å². The summed E-state index contributed by atoms with van der Waals surface area (Å²) >= 11 is 0. The molecule has 1 saturated heterocycles. The molecule has 0 atom stereocenters. The van der Waals surface area contributed by atoms with Crippen LogP contribution in [0.5, 0.6) is 0 Å². The van der Waals surface area contributed by atoms with Gasteiger partial charge in [0, 0.05) is 55.3 Å². The molecule has 0 N–H and O–H groups in total. The van der Waals surface area contributed by atoms with Crippen molar-refractivity contribution >= 4 is 16.6 Å². The summed E-state index contributed by atoms with van der Waals surface area (Å²) in [4.78, 5) is 19.0. The number of piperidine rings is 1. The number of alkyl halides is 2. The highest BCUT2D eigenvalue weighted by molar-refractivity contribution is 5.88. The zero-order valence-electron chi connectivity index (χ0n) is 17.3. The number of likely N-dealkylation sites (tertiary alicyclic amines) is 1. The Morgan fingerprint density at radius 1 is 1.13 bits per heavy atom. The standard InChI is InChI=1S/C23H26F2N4O/c1-23(24,25)15-29-7-5-16(6-8-29)22(30)11-21-10-19-9-17(3-4-18(19)12-26-21)20-13-27-28(2)14-20/h3-4,9-10,12-14,16H,5-8,11,15H2,1-2H3. The molecule has 3 heterocycles. The van der Waals surface area contributed by atoms with Crippen LogP contribution in [-0.2, 0) is 18.3 Å². The van der Waals surface area contributed by atoms with Crippen LogP contribution < -0.4 is 0 Å². The molecule has 1 aliphatic rings. The molecule has 1 aliphatic heterocycles. The monoisotopic (exact) mass is 412 g/mol. The average molecular weight is 412 g/mol. The Labute approximate surface area is 174 Å². The molecule has 30 heavy (non-hydrogen) atoms. The first-order valence-electron chi connectivity index (χ1n) is 10.3. The molecule has 5 nitrogen and oxygen atoms in total. The quantitative estimate of drug-likeness (QED) is 0.611. The Balaban J connectivity index is 1.43. The highest BCUT2D eigenvalue weighted by Crippen LogP contribution is 2.26. The molecular formula is C23H26F2N4O. The van der Waals surface area contributed by atoms with Gasteiger partial charge in [-0.3, -0.25) is 19.4 Å². The lowest BCUT2D eigenvalue weighted by Gasteiger charge is -2.32. The van der Waals surface area contributed by atoms with Crippen LogP contribution in [0.25, 0.3) is 21.9 Å². The molecular weight excluding hydrogens is 386 g/mol. The normalized spacial score (nSPS) is 16.3. The van der Waals surface area contributed by atoms with E-state index in [1.54, 1.807) is 15.8 Å². The van der Waals surface area contributed by atoms with E-state index in [0.29, 0.717) is 25.9 Å². The van der Waals surface area contributed by atoms with Crippen molar-refractivity contribution < 1.29 is 13.6 Å². The number of aryl methyl sites for hydroxylation is 1. The van der Waals surface area contributed by atoms with E-state index < -0.39 is 5.92 Å². The van der Waals surface area contributed by atoms with Gasteiger partial charge >= 0.3 is 0 Å². The molecule has 0 amide bonds. The summed E-state index contributed by atoms with van der Waals surface area (Å²) in [7, 11) is 1.89. The van der Waals surface area contributed by atoms with Crippen LogP contribution >= 0.6 is 0 Å². The van der Waals surface area contributed by atoms with Crippen molar-refractivity contribution in [1.29, 1.82) is 0 Å². The number of fused-ring (bicyclic) bond motifs is 1. The minimum atomic E-state index is -2.69. The van der Waals surface area contributed by atoms with Crippen molar-refractivity contribution in [3.8, 4) is 11.1 Å². The Morgan fingerprint density at radius 2 is 1.90 bits per heavy atom. The third-order valence-electron chi connectivity index (χ3n) is 5.72. The fraction of sp³-hybridized carbons (Fsp3) is 0.435. The molecule has 4 rings (SSSR count). The van der Waals surface area contributed by atoms with E-state index in [1.807, 2.05) is 37.6 Å². The summed E-state index contributed by atoms with van der Waals surface area (Å²) in [6.07, 6.45) is 7.14. The van der Waals surface area contributed by atoms with Crippen molar-refractivity contribution in [3.63, 3.8) is 0 Å². The number of carbonyl (C=O) groups is 1. The molecule has 0 aliphatic carbocycles. The van der Waals surface area contributed by atoms with Crippen molar-refractivity contribution in [1.82, 2.24) is 19.7 Å². The smallest absolute Gasteiger partial charge is 0.257 e. The number of hydrogen-bond acceptors (Lipinski definition) is 4. The number of benzene rings is 1. The fourth-order valence-corrected chi connectivity index (χ4v) is 4.16. The zero-order valence-corrected chi connectivity index (χ0v) is 17.3. The van der Waals surface area contributed by atoms with Crippen LogP contribution in [0.15, 0.2) is 42.9 Å². The highest BCUT2D eigenvalue weighted by atomic mass is 19.3. The third-order valence-corrected chi connectivity index (χ3v) is 5.72. The fourth-order valence-electron chi connectivity index (χ4n) is 4.16. The van der Waals surface area contributed by atoms with Crippen LogP contribution in [0.1, 0.15) is 25.5 Å². The van der Waals surface area contributed by atoms with Gasteiger partial charge in [-0.2, -0.15) is 5.10 Å². The van der Waals surface area contributed by atoms with E-state index >= 15 is 0 Å². The van der Waals surface area contributed by atoms with Crippen molar-refractivity contribution in [3.05, 3.63) is 48.5 Å². The Hall–Kier alpha value is -2.67. The van der Waals surface area contributed by atoms with E-state index in [-0.39, 0.29) is 24.7 Å². The molecule has 0 bridgehead atoms. The number of hydrogen-bond donors (Lipinski definition) is 0. The number of halogens is 2. The van der Waals surface area contributed by atoms with Gasteiger partial charge in [0.25, 0.3) is 5.92 Å². The zero-order chi connectivity index (χ0) is 21.3. The SMILES string of the molecule is Cn1cc(-c2ccc3cnc(CC(=O)C4CCN(CC(C)(F)F)CC4)cc3c2)cn1. The summed E-state index contributed by atoms with van der Waals surface area (Å²) in [5.41, 5.74) is 2.86. The lowest BCUT2D eigenvalue weighted by molar-refractivity contribution is -0.124. The van der Waals surface area contributed by atoms with Gasteiger partial charge in [-0.15, -0.1) is 0 Å². The van der Waals surface area contributed by atoms with Crippen LogP contribution in [-0.4, -0.2) is 51.0 Å². The average Bonchev–Trinajstić information content (AvgIpc) is 3.13. The van der Waals surface area contributed by atoms with Crippen LogP contribution in [0.3, 0.4) is 0 Å². The van der Waals surface area contributed by atoms with Crippen molar-refractivity contribution in [2.45, 2.75) is 32.1 Å². The van der Waals surface area contributed by atoms with E-state index in [9.17, 15) is 13.6 Å². The predicted octanol–water partition coefficient (Wildman–Crippen LogP) is 4.11. The summed E-state index contributed by atoms with van der Waals surface area (Å²) in [5, 5.41) is 6.28. The largest absolute Gasteiger partial charge is 0.299 e. The Kier molecular flexibility index (Phi) is 5.64. The number of ketones is 1. The van der Waals surface area contributed by atoms with E-state index in [2.05, 4.69) is 16.1 Å². The topological polar surface area (TPSA) is 51.0 Å². The molecule has 7 heteroatoms. The second kappa shape index (κ2) is 8.22. The second-order valence-electron chi connectivity index (χ2n) is 8.40. The number of aromatic nitrogens is 3. The first-order chi connectivity index (χ1) is 14.3. The molecule has 1 aromatic carbocycles. The van der Waals surface area contributed by atoms with E-state index in [1.165, 1.54) is 0 Å². The Bertz CT molecular complexity index is 1050. The van der Waals surface area contributed by atoms with Crippen LogP contribution in [0.4, 0.5) is 8.78 Å². The second-order valence-corrected chi connectivity index (χ2v) is 8.40. The molecule has 0 saturated carbocycles. The minimum absolute atomic E-state index is 0.0778. The van der Waals surface area contributed by atoms with Gasteiger partial charge in [-0.1, -0.05) is 12.1 Å². The molecule has 1 fully saturated rings. The maximum Gasteiger partial charge on any atom is 0.257 e. The van der Waals surface area contributed by atoms with Gasteiger partial charge in [0.1, 0.15) is 5.78 Å². The Morgan fingerprint density at radius 3 is 2.57 bits per heavy atom. The minimum Gasteiger partial charge on any atom is -0.299 e. The lowest BCUT2D eigenvalue weighted by Crippen LogP contribution is -2.42. The van der Waals surface area contributed by atoms with Gasteiger partial charge in [0.05, 0.1) is 12.7 Å². The van der Waals surface area contributed by atoms with Gasteiger partial charge in [-0.25, -0.2) is 8.78 Å². The number of carbonyl (C=O) groups excluding carboxylic acids is 1. The summed E-state index contributed by atoms with van der Waals surface area (Å²) in [6.45, 7) is 1.79. The third kappa shape index (κ3) is 4.90. The highest BCUT2D eigenvalue weighted by Gasteiger charge is 2.30. The van der Waals surface area contributed by atoms with Crippen molar-refractivity contribution in [2.24, 2.45) is 13.0 Å². The lowest BCUT2D eigenvalue weighted by atomic mass is 9.90. The molecule has 158 valence electrons. The van der Waals surface area contributed by atoms with Crippen LogP contribution in [0.2, 0.25) is 0 Å². The van der Waals surface area contributed by atoms with E-state index in [0.717, 1.165) is 34.5 Å². The first kappa shape index (κ1) is 20.6. The molecule has 0 unspecified atom stereocenters. The van der Waals surface area contributed by atoms with Gasteiger partial charge < -0.3 is 0 Å². The summed E-state index contributed by atoms with van der Waals surface area (Å²) < 4.78 is 28.2. The maximum atomic E-state index is 13.2. The summed E-state index contributed by atoms with van der Waals surface area (Å²) in [6, 6.07) is 8.13.